The van der Waals surface area contributed by atoms with Gasteiger partial charge in [-0.05, 0) is 41.4 Å². The molecule has 0 aliphatic rings. The molecule has 2 nitrogen and oxygen atoms in total. The summed E-state index contributed by atoms with van der Waals surface area (Å²) in [6, 6.07) is 6.40. The van der Waals surface area contributed by atoms with Crippen molar-refractivity contribution in [3.63, 3.8) is 0 Å². The molecule has 0 saturated heterocycles. The molecule has 14 heavy (non-hydrogen) atoms. The smallest absolute Gasteiger partial charge is 0.0795 e. The molecule has 0 unspecified atom stereocenters. The van der Waals surface area contributed by atoms with Crippen molar-refractivity contribution in [1.29, 1.82) is 0 Å². The van der Waals surface area contributed by atoms with E-state index in [0.717, 1.165) is 10.2 Å². The van der Waals surface area contributed by atoms with E-state index in [4.69, 9.17) is 0 Å². The Morgan fingerprint density at radius 3 is 2.71 bits per heavy atom. The zero-order valence-electron chi connectivity index (χ0n) is 8.13. The van der Waals surface area contributed by atoms with Crippen LogP contribution in [-0.4, -0.2) is 10.2 Å². The molecule has 0 radical (unpaired) electrons. The standard InChI is InChI=1S/C11H11BrN2/c1-7-3-4-8(2)9(5-7)11-10(12)6-13-14-11/h3-6H,1-2H3,(H,13,14). The van der Waals surface area contributed by atoms with Gasteiger partial charge in [-0.3, -0.25) is 5.10 Å². The fourth-order valence-corrected chi connectivity index (χ4v) is 1.87. The first-order chi connectivity index (χ1) is 6.68. The number of aromatic amines is 1. The summed E-state index contributed by atoms with van der Waals surface area (Å²) in [5.74, 6) is 0. The number of benzene rings is 1. The van der Waals surface area contributed by atoms with Crippen LogP contribution in [0.15, 0.2) is 28.9 Å². The quantitative estimate of drug-likeness (QED) is 0.826. The summed E-state index contributed by atoms with van der Waals surface area (Å²) in [6.07, 6.45) is 1.77. The van der Waals surface area contributed by atoms with Crippen LogP contribution in [-0.2, 0) is 0 Å². The predicted molar refractivity (Wildman–Crippen MR) is 61.2 cm³/mol. The highest BCUT2D eigenvalue weighted by molar-refractivity contribution is 9.10. The van der Waals surface area contributed by atoms with Gasteiger partial charge in [-0.15, -0.1) is 0 Å². The van der Waals surface area contributed by atoms with Gasteiger partial charge in [0.2, 0.25) is 0 Å². The lowest BCUT2D eigenvalue weighted by Crippen LogP contribution is -1.85. The van der Waals surface area contributed by atoms with E-state index in [0.29, 0.717) is 0 Å². The molecule has 0 aliphatic carbocycles. The van der Waals surface area contributed by atoms with E-state index in [2.05, 4.69) is 58.2 Å². The van der Waals surface area contributed by atoms with Crippen LogP contribution < -0.4 is 0 Å². The molecule has 2 aromatic rings. The van der Waals surface area contributed by atoms with Gasteiger partial charge in [-0.2, -0.15) is 5.10 Å². The van der Waals surface area contributed by atoms with Crippen LogP contribution >= 0.6 is 15.9 Å². The molecular weight excluding hydrogens is 240 g/mol. The number of nitrogens with one attached hydrogen (secondary N) is 1. The number of hydrogen-bond donors (Lipinski definition) is 1. The van der Waals surface area contributed by atoms with Crippen molar-refractivity contribution in [3.8, 4) is 11.3 Å². The van der Waals surface area contributed by atoms with Gasteiger partial charge in [-0.1, -0.05) is 17.7 Å². The number of hydrogen-bond acceptors (Lipinski definition) is 1. The first-order valence-electron chi connectivity index (χ1n) is 4.45. The summed E-state index contributed by atoms with van der Waals surface area (Å²) in [5, 5.41) is 6.99. The first-order valence-corrected chi connectivity index (χ1v) is 5.24. The van der Waals surface area contributed by atoms with Crippen molar-refractivity contribution in [3.05, 3.63) is 40.0 Å². The fraction of sp³-hybridized carbons (Fsp3) is 0.182. The van der Waals surface area contributed by atoms with E-state index >= 15 is 0 Å². The molecule has 1 N–H and O–H groups in total. The van der Waals surface area contributed by atoms with Crippen molar-refractivity contribution >= 4 is 15.9 Å². The Labute approximate surface area is 91.5 Å². The van der Waals surface area contributed by atoms with E-state index in [1.807, 2.05) is 0 Å². The topological polar surface area (TPSA) is 28.7 Å². The molecule has 3 heteroatoms. The highest BCUT2D eigenvalue weighted by Crippen LogP contribution is 2.28. The number of H-pyrrole nitrogens is 1. The van der Waals surface area contributed by atoms with Gasteiger partial charge >= 0.3 is 0 Å². The van der Waals surface area contributed by atoms with Crippen molar-refractivity contribution < 1.29 is 0 Å². The normalized spacial score (nSPS) is 10.5. The Bertz CT molecular complexity index is 460. The third kappa shape index (κ3) is 1.60. The third-order valence-corrected chi connectivity index (χ3v) is 2.86. The summed E-state index contributed by atoms with van der Waals surface area (Å²) in [6.45, 7) is 4.19. The van der Waals surface area contributed by atoms with Crippen molar-refractivity contribution in [2.24, 2.45) is 0 Å². The Morgan fingerprint density at radius 1 is 1.29 bits per heavy atom. The van der Waals surface area contributed by atoms with E-state index in [9.17, 15) is 0 Å². The SMILES string of the molecule is Cc1ccc(C)c(-c2[nH]ncc2Br)c1. The van der Waals surface area contributed by atoms with Crippen LogP contribution in [0, 0.1) is 13.8 Å². The second-order valence-corrected chi connectivity index (χ2v) is 4.27. The van der Waals surface area contributed by atoms with Gasteiger partial charge in [0.15, 0.2) is 0 Å². The van der Waals surface area contributed by atoms with Gasteiger partial charge in [0.05, 0.1) is 16.4 Å². The third-order valence-electron chi connectivity index (χ3n) is 2.26. The van der Waals surface area contributed by atoms with Crippen molar-refractivity contribution in [1.82, 2.24) is 10.2 Å². The molecule has 0 spiro atoms. The van der Waals surface area contributed by atoms with Crippen molar-refractivity contribution in [2.45, 2.75) is 13.8 Å². The van der Waals surface area contributed by atoms with Crippen LogP contribution in [0.5, 0.6) is 0 Å². The lowest BCUT2D eigenvalue weighted by molar-refractivity contribution is 1.09. The molecule has 0 bridgehead atoms. The molecule has 72 valence electrons. The second-order valence-electron chi connectivity index (χ2n) is 3.41. The predicted octanol–water partition coefficient (Wildman–Crippen LogP) is 3.46. The maximum atomic E-state index is 4.00. The minimum absolute atomic E-state index is 1.01. The fourth-order valence-electron chi connectivity index (χ4n) is 1.47. The van der Waals surface area contributed by atoms with Crippen molar-refractivity contribution in [2.75, 3.05) is 0 Å². The van der Waals surface area contributed by atoms with Crippen LogP contribution in [0.4, 0.5) is 0 Å². The summed E-state index contributed by atoms with van der Waals surface area (Å²) < 4.78 is 1.01. The summed E-state index contributed by atoms with van der Waals surface area (Å²) in [5.41, 5.74) is 4.76. The maximum Gasteiger partial charge on any atom is 0.0795 e. The number of halogens is 1. The van der Waals surface area contributed by atoms with Crippen LogP contribution in [0.25, 0.3) is 11.3 Å². The number of aryl methyl sites for hydroxylation is 2. The van der Waals surface area contributed by atoms with E-state index in [1.165, 1.54) is 16.7 Å². The maximum absolute atomic E-state index is 4.00. The zero-order chi connectivity index (χ0) is 10.1. The molecule has 1 heterocycles. The molecule has 1 aromatic heterocycles. The molecular formula is C11H11BrN2. The van der Waals surface area contributed by atoms with Gasteiger partial charge in [-0.25, -0.2) is 0 Å². The summed E-state index contributed by atoms with van der Waals surface area (Å²) in [4.78, 5) is 0. The Kier molecular flexibility index (Phi) is 2.42. The van der Waals surface area contributed by atoms with Gasteiger partial charge in [0, 0.05) is 5.56 Å². The Morgan fingerprint density at radius 2 is 2.07 bits per heavy atom. The second kappa shape index (κ2) is 3.58. The first kappa shape index (κ1) is 9.46. The molecule has 2 rings (SSSR count). The summed E-state index contributed by atoms with van der Waals surface area (Å²) >= 11 is 3.47. The van der Waals surface area contributed by atoms with Crippen LogP contribution in [0.1, 0.15) is 11.1 Å². The minimum atomic E-state index is 1.01. The molecule has 0 atom stereocenters. The lowest BCUT2D eigenvalue weighted by Gasteiger charge is -2.05. The largest absolute Gasteiger partial charge is 0.277 e. The molecule has 0 fully saturated rings. The average Bonchev–Trinajstić information content (AvgIpc) is 2.56. The van der Waals surface area contributed by atoms with E-state index in [-0.39, 0.29) is 0 Å². The number of rotatable bonds is 1. The molecule has 1 aromatic carbocycles. The monoisotopic (exact) mass is 250 g/mol. The zero-order valence-corrected chi connectivity index (χ0v) is 9.72. The highest BCUT2D eigenvalue weighted by Gasteiger charge is 2.07. The molecule has 0 aliphatic heterocycles. The average molecular weight is 251 g/mol. The van der Waals surface area contributed by atoms with E-state index in [1.54, 1.807) is 6.20 Å². The van der Waals surface area contributed by atoms with Gasteiger partial charge in [0.1, 0.15) is 0 Å². The molecule has 0 amide bonds. The Balaban J connectivity index is 2.62. The molecule has 0 saturated carbocycles. The van der Waals surface area contributed by atoms with E-state index < -0.39 is 0 Å². The van der Waals surface area contributed by atoms with Crippen LogP contribution in [0.3, 0.4) is 0 Å². The Hall–Kier alpha value is -1.09. The highest BCUT2D eigenvalue weighted by atomic mass is 79.9. The summed E-state index contributed by atoms with van der Waals surface area (Å²) in [7, 11) is 0. The van der Waals surface area contributed by atoms with Crippen LogP contribution in [0.2, 0.25) is 0 Å². The lowest BCUT2D eigenvalue weighted by atomic mass is 10.0. The minimum Gasteiger partial charge on any atom is -0.277 e. The van der Waals surface area contributed by atoms with Gasteiger partial charge < -0.3 is 0 Å². The number of aromatic nitrogens is 2. The number of nitrogens with zero attached hydrogens (tertiary/aromatic N) is 1. The van der Waals surface area contributed by atoms with Gasteiger partial charge in [0.25, 0.3) is 0 Å².